The lowest BCUT2D eigenvalue weighted by molar-refractivity contribution is -0.124. The molecule has 2 aromatic rings. The van der Waals surface area contributed by atoms with Crippen LogP contribution in [0.4, 0.5) is 15.8 Å². The third kappa shape index (κ3) is 7.01. The number of carbonyl (C=O) groups is 3. The topological polar surface area (TPSA) is 114 Å². The summed E-state index contributed by atoms with van der Waals surface area (Å²) in [6, 6.07) is 10.3. The van der Waals surface area contributed by atoms with E-state index in [2.05, 4.69) is 10.6 Å². The Hall–Kier alpha value is -3.47. The second-order valence-corrected chi connectivity index (χ2v) is 10.0. The number of para-hydroxylation sites is 1. The summed E-state index contributed by atoms with van der Waals surface area (Å²) in [6.07, 6.45) is 0. The maximum atomic E-state index is 14.4. The molecule has 0 spiro atoms. The molecule has 2 aromatic carbocycles. The molecule has 0 fully saturated rings. The number of rotatable bonds is 8. The standard InChI is InChI=1S/C23H26FN3O6S/c1-23(2,3)26-20(28)11-27(17-7-5-4-6-16(17)24)22(30)13-34(31)12-21(29)25-15-8-9-18-19(10-15)33-14-32-18/h4-10H,11-14H2,1-3H3,(H,25,29)(H,26,28). The van der Waals surface area contributed by atoms with E-state index >= 15 is 0 Å². The van der Waals surface area contributed by atoms with Crippen molar-refractivity contribution in [2.24, 2.45) is 0 Å². The van der Waals surface area contributed by atoms with Crippen molar-refractivity contribution in [3.05, 3.63) is 48.3 Å². The van der Waals surface area contributed by atoms with Crippen molar-refractivity contribution in [1.29, 1.82) is 0 Å². The van der Waals surface area contributed by atoms with E-state index in [1.165, 1.54) is 18.2 Å². The first-order valence-corrected chi connectivity index (χ1v) is 11.9. The number of amides is 3. The molecule has 0 aromatic heterocycles. The van der Waals surface area contributed by atoms with Crippen LogP contribution in [0.5, 0.6) is 11.5 Å². The van der Waals surface area contributed by atoms with Gasteiger partial charge in [-0.25, -0.2) is 4.39 Å². The maximum Gasteiger partial charge on any atom is 0.240 e. The molecular weight excluding hydrogens is 465 g/mol. The average molecular weight is 492 g/mol. The number of nitrogens with one attached hydrogen (secondary N) is 2. The van der Waals surface area contributed by atoms with Crippen molar-refractivity contribution in [1.82, 2.24) is 5.32 Å². The van der Waals surface area contributed by atoms with Gasteiger partial charge in [0.25, 0.3) is 0 Å². The number of ether oxygens (including phenoxy) is 2. The predicted molar refractivity (Wildman–Crippen MR) is 126 cm³/mol. The van der Waals surface area contributed by atoms with Crippen LogP contribution < -0.4 is 25.0 Å². The molecule has 3 amide bonds. The molecule has 3 rings (SSSR count). The highest BCUT2D eigenvalue weighted by atomic mass is 32.2. The molecule has 0 radical (unpaired) electrons. The second kappa shape index (κ2) is 10.6. The van der Waals surface area contributed by atoms with Crippen LogP contribution in [0.3, 0.4) is 0 Å². The van der Waals surface area contributed by atoms with Gasteiger partial charge in [-0.05, 0) is 45.0 Å². The number of hydrogen-bond donors (Lipinski definition) is 2. The van der Waals surface area contributed by atoms with Gasteiger partial charge in [0.2, 0.25) is 24.5 Å². The van der Waals surface area contributed by atoms with Gasteiger partial charge >= 0.3 is 0 Å². The first-order chi connectivity index (χ1) is 16.0. The van der Waals surface area contributed by atoms with Crippen LogP contribution in [0.25, 0.3) is 0 Å². The molecular formula is C23H26FN3O6S. The minimum absolute atomic E-state index is 0.0884. The van der Waals surface area contributed by atoms with Crippen molar-refractivity contribution >= 4 is 39.9 Å². The molecule has 1 atom stereocenters. The molecule has 11 heteroatoms. The molecule has 0 saturated heterocycles. The van der Waals surface area contributed by atoms with Crippen LogP contribution >= 0.6 is 0 Å². The van der Waals surface area contributed by atoms with Gasteiger partial charge in [-0.1, -0.05) is 12.1 Å². The third-order valence-electron chi connectivity index (χ3n) is 4.49. The fourth-order valence-electron chi connectivity index (χ4n) is 3.16. The van der Waals surface area contributed by atoms with Gasteiger partial charge in [-0.3, -0.25) is 23.5 Å². The Morgan fingerprint density at radius 1 is 1.03 bits per heavy atom. The Bertz CT molecular complexity index is 1120. The third-order valence-corrected chi connectivity index (χ3v) is 5.65. The monoisotopic (exact) mass is 491 g/mol. The van der Waals surface area contributed by atoms with E-state index in [1.54, 1.807) is 39.0 Å². The van der Waals surface area contributed by atoms with Crippen molar-refractivity contribution in [3.8, 4) is 11.5 Å². The Morgan fingerprint density at radius 3 is 2.44 bits per heavy atom. The first kappa shape index (κ1) is 25.2. The number of fused-ring (bicyclic) bond motifs is 1. The molecule has 9 nitrogen and oxygen atoms in total. The van der Waals surface area contributed by atoms with Crippen LogP contribution in [0.15, 0.2) is 42.5 Å². The van der Waals surface area contributed by atoms with E-state index in [0.717, 1.165) is 11.0 Å². The molecule has 0 bridgehead atoms. The highest BCUT2D eigenvalue weighted by Gasteiger charge is 2.26. The quantitative estimate of drug-likeness (QED) is 0.585. The van der Waals surface area contributed by atoms with E-state index in [0.29, 0.717) is 17.2 Å². The van der Waals surface area contributed by atoms with Crippen LogP contribution in [-0.4, -0.2) is 52.3 Å². The summed E-state index contributed by atoms with van der Waals surface area (Å²) >= 11 is 0. The fourth-order valence-corrected chi connectivity index (χ4v) is 4.06. The maximum absolute atomic E-state index is 14.4. The van der Waals surface area contributed by atoms with Gasteiger partial charge in [0.05, 0.1) is 5.69 Å². The molecule has 34 heavy (non-hydrogen) atoms. The molecule has 0 saturated carbocycles. The summed E-state index contributed by atoms with van der Waals surface area (Å²) in [5.74, 6) is -2.53. The van der Waals surface area contributed by atoms with Gasteiger partial charge in [0, 0.05) is 28.1 Å². The van der Waals surface area contributed by atoms with Gasteiger partial charge in [-0.2, -0.15) is 0 Å². The van der Waals surface area contributed by atoms with Crippen LogP contribution in [-0.2, 0) is 25.2 Å². The Balaban J connectivity index is 1.64. The largest absolute Gasteiger partial charge is 0.454 e. The number of benzene rings is 2. The van der Waals surface area contributed by atoms with E-state index in [-0.39, 0.29) is 12.5 Å². The van der Waals surface area contributed by atoms with Crippen molar-refractivity contribution < 1.29 is 32.5 Å². The summed E-state index contributed by atoms with van der Waals surface area (Å²) in [4.78, 5) is 38.6. The van der Waals surface area contributed by atoms with Gasteiger partial charge < -0.3 is 20.1 Å². The zero-order valence-corrected chi connectivity index (χ0v) is 19.9. The zero-order valence-electron chi connectivity index (χ0n) is 19.1. The normalized spacial score (nSPS) is 13.2. The second-order valence-electron chi connectivity index (χ2n) is 8.57. The zero-order chi connectivity index (χ0) is 24.9. The fraction of sp³-hybridized carbons (Fsp3) is 0.348. The molecule has 0 aliphatic carbocycles. The Labute approximate surface area is 199 Å². The summed E-state index contributed by atoms with van der Waals surface area (Å²) in [5.41, 5.74) is -0.251. The lowest BCUT2D eigenvalue weighted by atomic mass is 10.1. The van der Waals surface area contributed by atoms with Crippen molar-refractivity contribution in [2.45, 2.75) is 26.3 Å². The summed E-state index contributed by atoms with van der Waals surface area (Å²) in [5, 5.41) is 5.30. The Morgan fingerprint density at radius 2 is 1.74 bits per heavy atom. The summed E-state index contributed by atoms with van der Waals surface area (Å²) in [7, 11) is -1.90. The van der Waals surface area contributed by atoms with Gasteiger partial charge in [0.15, 0.2) is 11.5 Å². The van der Waals surface area contributed by atoms with Crippen molar-refractivity contribution in [3.63, 3.8) is 0 Å². The SMILES string of the molecule is CC(C)(C)NC(=O)CN(C(=O)CS(=O)CC(=O)Nc1ccc2c(c1)OCO2)c1ccccc1F. The first-order valence-electron chi connectivity index (χ1n) is 10.4. The van der Waals surface area contributed by atoms with Crippen LogP contribution in [0.2, 0.25) is 0 Å². The minimum Gasteiger partial charge on any atom is -0.454 e. The summed E-state index contributed by atoms with van der Waals surface area (Å²) in [6.45, 7) is 4.94. The molecule has 1 aliphatic heterocycles. The summed E-state index contributed by atoms with van der Waals surface area (Å²) < 4.78 is 37.4. The minimum atomic E-state index is -1.90. The van der Waals surface area contributed by atoms with Crippen LogP contribution in [0.1, 0.15) is 20.8 Å². The molecule has 1 heterocycles. The molecule has 2 N–H and O–H groups in total. The van der Waals surface area contributed by atoms with E-state index in [1.807, 2.05) is 0 Å². The predicted octanol–water partition coefficient (Wildman–Crippen LogP) is 2.19. The number of halogens is 1. The van der Waals surface area contributed by atoms with Crippen LogP contribution in [0, 0.1) is 5.82 Å². The highest BCUT2D eigenvalue weighted by Crippen LogP contribution is 2.34. The molecule has 1 unspecified atom stereocenters. The van der Waals surface area contributed by atoms with E-state index in [9.17, 15) is 23.0 Å². The number of carbonyl (C=O) groups excluding carboxylic acids is 3. The smallest absolute Gasteiger partial charge is 0.240 e. The number of anilines is 2. The Kier molecular flexibility index (Phi) is 7.87. The lowest BCUT2D eigenvalue weighted by Crippen LogP contribution is -2.48. The lowest BCUT2D eigenvalue weighted by Gasteiger charge is -2.26. The average Bonchev–Trinajstić information content (AvgIpc) is 3.19. The number of nitrogens with zero attached hydrogens (tertiary/aromatic N) is 1. The van der Waals surface area contributed by atoms with E-state index < -0.39 is 57.9 Å². The molecule has 182 valence electrons. The van der Waals surface area contributed by atoms with E-state index in [4.69, 9.17) is 9.47 Å². The highest BCUT2D eigenvalue weighted by molar-refractivity contribution is 7.86. The number of hydrogen-bond acceptors (Lipinski definition) is 6. The van der Waals surface area contributed by atoms with Crippen molar-refractivity contribution in [2.75, 3.05) is 35.1 Å². The van der Waals surface area contributed by atoms with Gasteiger partial charge in [0.1, 0.15) is 23.9 Å². The van der Waals surface area contributed by atoms with Gasteiger partial charge in [-0.15, -0.1) is 0 Å². The molecule has 1 aliphatic rings.